The Labute approximate surface area is 81.9 Å². The molecule has 14 heavy (non-hydrogen) atoms. The van der Waals surface area contributed by atoms with Crippen molar-refractivity contribution in [1.82, 2.24) is 5.16 Å². The topological polar surface area (TPSA) is 49.8 Å². The van der Waals surface area contributed by atoms with E-state index in [9.17, 15) is 0 Å². The molecule has 0 fully saturated rings. The minimum atomic E-state index is 0.337. The van der Waals surface area contributed by atoms with Crippen LogP contribution in [0, 0.1) is 11.3 Å². The molecule has 0 aliphatic carbocycles. The van der Waals surface area contributed by atoms with Crippen molar-refractivity contribution in [1.29, 1.82) is 5.26 Å². The smallest absolute Gasteiger partial charge is 0.168 e. The number of benzene rings is 1. The predicted octanol–water partition coefficient (Wildman–Crippen LogP) is 2.82. The molecule has 2 rings (SSSR count). The highest BCUT2D eigenvalue weighted by atomic mass is 16.5. The van der Waals surface area contributed by atoms with E-state index in [4.69, 9.17) is 9.78 Å². The summed E-state index contributed by atoms with van der Waals surface area (Å²) in [5.41, 5.74) is 2.24. The van der Waals surface area contributed by atoms with Crippen LogP contribution in [0.2, 0.25) is 0 Å². The normalized spacial score (nSPS) is 10.7. The van der Waals surface area contributed by atoms with E-state index >= 15 is 0 Å². The molecule has 0 spiro atoms. The molecule has 2 aromatic rings. The van der Waals surface area contributed by atoms with Crippen molar-refractivity contribution in [2.24, 2.45) is 0 Å². The van der Waals surface area contributed by atoms with E-state index < -0.39 is 0 Å². The zero-order valence-electron chi connectivity index (χ0n) is 8.11. The Bertz CT molecular complexity index is 505. The van der Waals surface area contributed by atoms with Crippen LogP contribution in [-0.4, -0.2) is 5.16 Å². The lowest BCUT2D eigenvalue weighted by atomic mass is 10.1. The van der Waals surface area contributed by atoms with Crippen LogP contribution in [0.25, 0.3) is 11.0 Å². The van der Waals surface area contributed by atoms with Gasteiger partial charge in [0.1, 0.15) is 0 Å². The van der Waals surface area contributed by atoms with Gasteiger partial charge in [-0.3, -0.25) is 0 Å². The van der Waals surface area contributed by atoms with Gasteiger partial charge in [0.25, 0.3) is 0 Å². The summed E-state index contributed by atoms with van der Waals surface area (Å²) in [6, 6.07) is 7.46. The highest BCUT2D eigenvalue weighted by molar-refractivity contribution is 5.81. The van der Waals surface area contributed by atoms with Gasteiger partial charge in [-0.25, -0.2) is 0 Å². The minimum Gasteiger partial charge on any atom is -0.356 e. The molecule has 0 saturated heterocycles. The lowest BCUT2D eigenvalue weighted by molar-refractivity contribution is 0.441. The maximum absolute atomic E-state index is 8.70. The predicted molar refractivity (Wildman–Crippen MR) is 52.8 cm³/mol. The van der Waals surface area contributed by atoms with Gasteiger partial charge in [0.15, 0.2) is 5.58 Å². The molecule has 1 aromatic heterocycles. The van der Waals surface area contributed by atoms with Gasteiger partial charge in [-0.15, -0.1) is 0 Å². The molecule has 0 bridgehead atoms. The third-order valence-corrected chi connectivity index (χ3v) is 2.18. The first kappa shape index (κ1) is 8.76. The Morgan fingerprint density at radius 3 is 2.86 bits per heavy atom. The molecule has 0 unspecified atom stereocenters. The summed E-state index contributed by atoms with van der Waals surface area (Å²) in [5.74, 6) is 0.337. The van der Waals surface area contributed by atoms with Crippen LogP contribution in [0.3, 0.4) is 0 Å². The van der Waals surface area contributed by atoms with E-state index in [2.05, 4.69) is 25.1 Å². The molecule has 0 aliphatic rings. The quantitative estimate of drug-likeness (QED) is 0.688. The van der Waals surface area contributed by atoms with E-state index in [1.807, 2.05) is 6.07 Å². The highest BCUT2D eigenvalue weighted by Crippen LogP contribution is 2.25. The van der Waals surface area contributed by atoms with E-state index in [0.29, 0.717) is 17.1 Å². The van der Waals surface area contributed by atoms with Crippen molar-refractivity contribution in [3.8, 4) is 6.07 Å². The van der Waals surface area contributed by atoms with Crippen molar-refractivity contribution in [2.75, 3.05) is 0 Å². The lowest BCUT2D eigenvalue weighted by Crippen LogP contribution is -1.86. The van der Waals surface area contributed by atoms with Crippen molar-refractivity contribution in [3.63, 3.8) is 0 Å². The van der Waals surface area contributed by atoms with Crippen molar-refractivity contribution >= 4 is 11.0 Å². The monoisotopic (exact) mass is 186 g/mol. The summed E-state index contributed by atoms with van der Waals surface area (Å²) in [7, 11) is 0. The van der Waals surface area contributed by atoms with Gasteiger partial charge in [0, 0.05) is 11.5 Å². The van der Waals surface area contributed by atoms with Crippen molar-refractivity contribution in [3.05, 3.63) is 29.5 Å². The Balaban J connectivity index is 2.67. The van der Waals surface area contributed by atoms with Crippen LogP contribution in [0.5, 0.6) is 0 Å². The number of rotatable bonds is 1. The lowest BCUT2D eigenvalue weighted by Gasteiger charge is -1.97. The van der Waals surface area contributed by atoms with Gasteiger partial charge in [-0.05, 0) is 18.1 Å². The average Bonchev–Trinajstić information content (AvgIpc) is 2.59. The molecule has 0 radical (unpaired) electrons. The maximum atomic E-state index is 8.70. The first-order valence-corrected chi connectivity index (χ1v) is 4.52. The molecule has 1 heterocycles. The fourth-order valence-electron chi connectivity index (χ4n) is 1.44. The van der Waals surface area contributed by atoms with E-state index in [1.54, 1.807) is 12.1 Å². The summed E-state index contributed by atoms with van der Waals surface area (Å²) in [6.45, 7) is 4.13. The van der Waals surface area contributed by atoms with Gasteiger partial charge in [-0.2, -0.15) is 5.26 Å². The van der Waals surface area contributed by atoms with Crippen LogP contribution in [-0.2, 0) is 0 Å². The first-order chi connectivity index (χ1) is 6.72. The second-order valence-electron chi connectivity index (χ2n) is 3.55. The number of nitrogens with zero attached hydrogens (tertiary/aromatic N) is 2. The third kappa shape index (κ3) is 1.25. The largest absolute Gasteiger partial charge is 0.356 e. The van der Waals surface area contributed by atoms with E-state index in [-0.39, 0.29) is 0 Å². The number of hydrogen-bond acceptors (Lipinski definition) is 3. The Morgan fingerprint density at radius 1 is 1.43 bits per heavy atom. The van der Waals surface area contributed by atoms with Gasteiger partial charge in [-0.1, -0.05) is 19.0 Å². The van der Waals surface area contributed by atoms with Crippen LogP contribution >= 0.6 is 0 Å². The summed E-state index contributed by atoms with van der Waals surface area (Å²) < 4.78 is 5.15. The van der Waals surface area contributed by atoms with Crippen molar-refractivity contribution < 1.29 is 4.52 Å². The fraction of sp³-hybridized carbons (Fsp3) is 0.273. The molecular weight excluding hydrogens is 176 g/mol. The van der Waals surface area contributed by atoms with Gasteiger partial charge >= 0.3 is 0 Å². The molecule has 0 atom stereocenters. The van der Waals surface area contributed by atoms with Crippen LogP contribution in [0.1, 0.15) is 31.0 Å². The second-order valence-corrected chi connectivity index (χ2v) is 3.55. The molecule has 1 aromatic carbocycles. The molecule has 3 nitrogen and oxygen atoms in total. The van der Waals surface area contributed by atoms with Gasteiger partial charge < -0.3 is 4.52 Å². The molecule has 3 heteroatoms. The minimum absolute atomic E-state index is 0.337. The summed E-state index contributed by atoms with van der Waals surface area (Å²) in [5, 5.41) is 13.7. The summed E-state index contributed by atoms with van der Waals surface area (Å²) >= 11 is 0. The molecule has 0 N–H and O–H groups in total. The van der Waals surface area contributed by atoms with Crippen LogP contribution in [0.4, 0.5) is 0 Å². The Kier molecular flexibility index (Phi) is 1.97. The number of aromatic nitrogens is 1. The zero-order chi connectivity index (χ0) is 10.1. The fourth-order valence-corrected chi connectivity index (χ4v) is 1.44. The summed E-state index contributed by atoms with van der Waals surface area (Å²) in [4.78, 5) is 0. The molecule has 0 saturated carbocycles. The van der Waals surface area contributed by atoms with E-state index in [1.165, 1.54) is 0 Å². The number of hydrogen-bond donors (Lipinski definition) is 0. The molecule has 70 valence electrons. The van der Waals surface area contributed by atoms with Gasteiger partial charge in [0.05, 0.1) is 17.3 Å². The summed E-state index contributed by atoms with van der Waals surface area (Å²) in [6.07, 6.45) is 0. The molecule has 0 aliphatic heterocycles. The number of fused-ring (bicyclic) bond motifs is 1. The maximum Gasteiger partial charge on any atom is 0.168 e. The Morgan fingerprint density at radius 2 is 2.21 bits per heavy atom. The second kappa shape index (κ2) is 3.15. The third-order valence-electron chi connectivity index (χ3n) is 2.18. The molecular formula is C11H10N2O. The van der Waals surface area contributed by atoms with Crippen LogP contribution < -0.4 is 0 Å². The number of nitriles is 1. The first-order valence-electron chi connectivity index (χ1n) is 4.52. The van der Waals surface area contributed by atoms with Crippen LogP contribution in [0.15, 0.2) is 22.7 Å². The van der Waals surface area contributed by atoms with Gasteiger partial charge in [0.2, 0.25) is 0 Å². The SMILES string of the molecule is CC(C)c1noc2cc(C#N)ccc12. The molecule has 0 amide bonds. The highest BCUT2D eigenvalue weighted by Gasteiger charge is 2.11. The zero-order valence-corrected chi connectivity index (χ0v) is 8.11. The van der Waals surface area contributed by atoms with E-state index in [0.717, 1.165) is 11.1 Å². The Hall–Kier alpha value is -1.82. The van der Waals surface area contributed by atoms with Crippen molar-refractivity contribution in [2.45, 2.75) is 19.8 Å². The average molecular weight is 186 g/mol. The standard InChI is InChI=1S/C11H10N2O/c1-7(2)11-9-4-3-8(6-12)5-10(9)14-13-11/h3-5,7H,1-2H3.